The van der Waals surface area contributed by atoms with Gasteiger partial charge in [0.25, 0.3) is 5.91 Å². The predicted molar refractivity (Wildman–Crippen MR) is 179 cm³/mol. The van der Waals surface area contributed by atoms with Crippen LogP contribution in [0.5, 0.6) is 0 Å². The number of piperidine rings is 1. The molecular formula is C32H49N7O4S. The molecule has 1 saturated heterocycles. The van der Waals surface area contributed by atoms with Crippen LogP contribution in [0.4, 0.5) is 10.5 Å². The van der Waals surface area contributed by atoms with Crippen molar-refractivity contribution < 1.29 is 19.4 Å². The first-order valence-corrected chi connectivity index (χ1v) is 15.6. The van der Waals surface area contributed by atoms with Crippen LogP contribution in [0.2, 0.25) is 0 Å². The fourth-order valence-corrected chi connectivity index (χ4v) is 5.13. The van der Waals surface area contributed by atoms with E-state index in [1.165, 1.54) is 22.4 Å². The summed E-state index contributed by atoms with van der Waals surface area (Å²) in [4.78, 5) is 36.2. The van der Waals surface area contributed by atoms with Crippen LogP contribution in [-0.2, 0) is 4.74 Å². The molecule has 2 aromatic rings. The number of nitrogens with zero attached hydrogens (tertiary/aromatic N) is 4. The molecule has 12 heteroatoms. The Bertz CT molecular complexity index is 1390. The van der Waals surface area contributed by atoms with Crippen LogP contribution in [0.1, 0.15) is 100.0 Å². The maximum Gasteiger partial charge on any atom is 0.410 e. The summed E-state index contributed by atoms with van der Waals surface area (Å²) < 4.78 is 5.49. The lowest BCUT2D eigenvalue weighted by Crippen LogP contribution is -2.41. The van der Waals surface area contributed by atoms with Crippen LogP contribution in [0, 0.1) is 12.3 Å². The van der Waals surface area contributed by atoms with Crippen LogP contribution < -0.4 is 22.3 Å². The summed E-state index contributed by atoms with van der Waals surface area (Å²) >= 11 is 1.50. The minimum absolute atomic E-state index is 0.0207. The third kappa shape index (κ3) is 10.4. The lowest BCUT2D eigenvalue weighted by molar-refractivity contribution is 0.0204. The fraction of sp³-hybridized carbons (Fsp3) is 0.500. The van der Waals surface area contributed by atoms with Crippen LogP contribution in [0.3, 0.4) is 0 Å². The van der Waals surface area contributed by atoms with Crippen molar-refractivity contribution in [1.82, 2.24) is 9.88 Å². The normalized spacial score (nSPS) is 15.4. The van der Waals surface area contributed by atoms with Crippen molar-refractivity contribution in [3.05, 3.63) is 63.4 Å². The number of amidine groups is 1. The van der Waals surface area contributed by atoms with Gasteiger partial charge in [-0.15, -0.1) is 11.3 Å². The van der Waals surface area contributed by atoms with Gasteiger partial charge in [-0.3, -0.25) is 9.80 Å². The third-order valence-electron chi connectivity index (χ3n) is 6.60. The second kappa shape index (κ2) is 15.2. The number of aliphatic imine (C=N–C) groups is 1. The number of anilines is 1. The molecular weight excluding hydrogens is 578 g/mol. The Morgan fingerprint density at radius 2 is 1.75 bits per heavy atom. The van der Waals surface area contributed by atoms with Crippen molar-refractivity contribution in [1.29, 1.82) is 0 Å². The summed E-state index contributed by atoms with van der Waals surface area (Å²) in [6.45, 7) is 18.1. The number of benzene rings is 1. The van der Waals surface area contributed by atoms with E-state index in [-0.39, 0.29) is 29.2 Å². The molecule has 2 heterocycles. The van der Waals surface area contributed by atoms with Gasteiger partial charge in [-0.25, -0.2) is 15.6 Å². The summed E-state index contributed by atoms with van der Waals surface area (Å²) in [6.07, 6.45) is 5.88. The van der Waals surface area contributed by atoms with Gasteiger partial charge in [-0.05, 0) is 58.2 Å². The number of rotatable bonds is 6. The standard InChI is InChI=1S/C30H43N7O4S.C2H6/c1-18-8-9-20(26(39)35-25(32)15-24(38)29(2,3)4)14-22(18)37(33)17-21(31)23-16-34-27(42-23)19-10-12-36(13-11-19)28(40)41-30(5,6)7;1-2/h8-9,14-17,19,38H,10-13,31,33H2,1-7H3,(H2,32,35,39);1-2H3/b21-17-,24-15-;. The van der Waals surface area contributed by atoms with E-state index in [0.29, 0.717) is 24.5 Å². The van der Waals surface area contributed by atoms with Crippen molar-refractivity contribution in [2.75, 3.05) is 18.1 Å². The Hall–Kier alpha value is -3.90. The Morgan fingerprint density at radius 3 is 2.32 bits per heavy atom. The van der Waals surface area contributed by atoms with E-state index < -0.39 is 16.9 Å². The van der Waals surface area contributed by atoms with Gasteiger partial charge in [0.1, 0.15) is 17.2 Å². The van der Waals surface area contributed by atoms with E-state index in [2.05, 4.69) is 9.98 Å². The highest BCUT2D eigenvalue weighted by Gasteiger charge is 2.29. The smallest absolute Gasteiger partial charge is 0.410 e. The van der Waals surface area contributed by atoms with E-state index in [9.17, 15) is 14.7 Å². The molecule has 1 aliphatic rings. The van der Waals surface area contributed by atoms with Gasteiger partial charge in [0.05, 0.1) is 21.3 Å². The number of nitrogens with two attached hydrogens (primary N) is 3. The van der Waals surface area contributed by atoms with E-state index in [1.54, 1.807) is 35.5 Å². The zero-order valence-corrected chi connectivity index (χ0v) is 28.3. The Kier molecular flexibility index (Phi) is 12.5. The number of hydrogen-bond acceptors (Lipinski definition) is 9. The van der Waals surface area contributed by atoms with E-state index in [4.69, 9.17) is 22.0 Å². The van der Waals surface area contributed by atoms with Crippen LogP contribution in [0.25, 0.3) is 5.70 Å². The quantitative estimate of drug-likeness (QED) is 0.0954. The molecule has 3 rings (SSSR count). The number of ether oxygens (including phenoxy) is 1. The van der Waals surface area contributed by atoms with Crippen molar-refractivity contribution in [3.8, 4) is 0 Å². The third-order valence-corrected chi connectivity index (χ3v) is 7.81. The molecule has 0 aliphatic carbocycles. The maximum atomic E-state index is 12.8. The lowest BCUT2D eigenvalue weighted by atomic mass is 9.93. The summed E-state index contributed by atoms with van der Waals surface area (Å²) in [6, 6.07) is 5.01. The van der Waals surface area contributed by atoms with Crippen LogP contribution in [0.15, 0.2) is 47.4 Å². The minimum atomic E-state index is -0.568. The lowest BCUT2D eigenvalue weighted by Gasteiger charge is -2.32. The number of amides is 2. The second-order valence-electron chi connectivity index (χ2n) is 12.4. The van der Waals surface area contributed by atoms with Gasteiger partial charge in [-0.2, -0.15) is 4.99 Å². The number of likely N-dealkylation sites (tertiary alicyclic amines) is 1. The van der Waals surface area contributed by atoms with Crippen molar-refractivity contribution >= 4 is 40.6 Å². The van der Waals surface area contributed by atoms with Gasteiger partial charge in [0.2, 0.25) is 0 Å². The highest BCUT2D eigenvalue weighted by atomic mass is 32.1. The summed E-state index contributed by atoms with van der Waals surface area (Å²) in [5, 5.41) is 12.5. The summed E-state index contributed by atoms with van der Waals surface area (Å²) in [7, 11) is 0. The SMILES string of the molecule is CC.Cc1ccc(C(=O)N=C(N)/C=C(\O)C(C)(C)C)cc1N(N)/C=C(\N)c1cnc(C2CCN(C(=O)OC(C)(C)C)CC2)s1. The molecule has 11 nitrogen and oxygen atoms in total. The number of carbonyl (C=O) groups excluding carboxylic acids is 2. The topological polar surface area (TPSA) is 173 Å². The van der Waals surface area contributed by atoms with Gasteiger partial charge < -0.3 is 26.2 Å². The summed E-state index contributed by atoms with van der Waals surface area (Å²) in [5.41, 5.74) is 13.3. The van der Waals surface area contributed by atoms with Crippen LogP contribution in [-0.4, -0.2) is 51.5 Å². The van der Waals surface area contributed by atoms with Crippen molar-refractivity contribution in [2.24, 2.45) is 27.7 Å². The summed E-state index contributed by atoms with van der Waals surface area (Å²) in [5.74, 6) is 5.93. The number of thiazole rings is 1. The number of hydrazine groups is 1. The number of allylic oxidation sites excluding steroid dienone is 1. The average molecular weight is 628 g/mol. The number of aliphatic hydroxyl groups is 1. The van der Waals surface area contributed by atoms with Crippen molar-refractivity contribution in [2.45, 2.75) is 86.7 Å². The molecule has 0 unspecified atom stereocenters. The molecule has 242 valence electrons. The molecule has 1 aromatic carbocycles. The number of carbonyl (C=O) groups is 2. The van der Waals surface area contributed by atoms with Gasteiger partial charge in [0, 0.05) is 48.5 Å². The molecule has 1 aromatic heterocycles. The van der Waals surface area contributed by atoms with Gasteiger partial charge in [0.15, 0.2) is 0 Å². The molecule has 0 spiro atoms. The van der Waals surface area contributed by atoms with E-state index in [0.717, 1.165) is 28.3 Å². The second-order valence-corrected chi connectivity index (χ2v) is 13.5. The number of hydrogen-bond donors (Lipinski definition) is 4. The molecule has 0 saturated carbocycles. The average Bonchev–Trinajstić information content (AvgIpc) is 3.43. The largest absolute Gasteiger partial charge is 0.512 e. The Balaban J connectivity index is 0.00000330. The maximum absolute atomic E-state index is 12.8. The number of aromatic nitrogens is 1. The fourth-order valence-electron chi connectivity index (χ4n) is 4.12. The first-order chi connectivity index (χ1) is 20.4. The van der Waals surface area contributed by atoms with Crippen LogP contribution >= 0.6 is 11.3 Å². The Morgan fingerprint density at radius 1 is 1.14 bits per heavy atom. The molecule has 0 atom stereocenters. The first-order valence-electron chi connectivity index (χ1n) is 14.8. The molecule has 0 radical (unpaired) electrons. The predicted octanol–water partition coefficient (Wildman–Crippen LogP) is 6.22. The van der Waals surface area contributed by atoms with E-state index >= 15 is 0 Å². The monoisotopic (exact) mass is 627 g/mol. The minimum Gasteiger partial charge on any atom is -0.512 e. The van der Waals surface area contributed by atoms with Gasteiger partial charge in [-0.1, -0.05) is 40.7 Å². The molecule has 1 fully saturated rings. The van der Waals surface area contributed by atoms with E-state index in [1.807, 2.05) is 62.3 Å². The zero-order valence-electron chi connectivity index (χ0n) is 27.5. The zero-order chi connectivity index (χ0) is 33.4. The highest BCUT2D eigenvalue weighted by molar-refractivity contribution is 7.12. The molecule has 2 amide bonds. The highest BCUT2D eigenvalue weighted by Crippen LogP contribution is 2.33. The molecule has 44 heavy (non-hydrogen) atoms. The van der Waals surface area contributed by atoms with Crippen molar-refractivity contribution in [3.63, 3.8) is 0 Å². The van der Waals surface area contributed by atoms with Gasteiger partial charge >= 0.3 is 6.09 Å². The Labute approximate surface area is 265 Å². The molecule has 7 N–H and O–H groups in total. The first kappa shape index (κ1) is 36.3. The molecule has 0 bridgehead atoms. The molecule has 1 aliphatic heterocycles. The number of aryl methyl sites for hydroxylation is 1. The number of aliphatic hydroxyl groups excluding tert-OH is 1.